The number of nitro benzene ring substituents is 1. The van der Waals surface area contributed by atoms with Crippen LogP contribution >= 0.6 is 0 Å². The van der Waals surface area contributed by atoms with E-state index in [0.29, 0.717) is 6.42 Å². The average molecular weight is 248 g/mol. The molecule has 1 aliphatic rings. The molecule has 1 aliphatic heterocycles. The fourth-order valence-electron chi connectivity index (χ4n) is 2.35. The summed E-state index contributed by atoms with van der Waals surface area (Å²) < 4.78 is 0. The van der Waals surface area contributed by atoms with E-state index < -0.39 is 4.92 Å². The number of hydrogen-bond acceptors (Lipinski definition) is 3. The molecule has 0 unspecified atom stereocenters. The maximum Gasteiger partial charge on any atom is 0.269 e. The van der Waals surface area contributed by atoms with Crippen molar-refractivity contribution in [1.82, 2.24) is 0 Å². The molecular weight excluding hydrogens is 232 g/mol. The Balaban J connectivity index is 2.41. The Morgan fingerprint density at radius 3 is 2.72 bits per heavy atom. The van der Waals surface area contributed by atoms with E-state index >= 15 is 0 Å². The van der Waals surface area contributed by atoms with Crippen LogP contribution in [0.5, 0.6) is 0 Å². The molecule has 0 fully saturated rings. The molecule has 5 heteroatoms. The molecule has 2 rings (SSSR count). The van der Waals surface area contributed by atoms with Gasteiger partial charge >= 0.3 is 0 Å². The fourth-order valence-corrected chi connectivity index (χ4v) is 2.35. The van der Waals surface area contributed by atoms with Crippen LogP contribution in [0, 0.1) is 16.0 Å². The molecule has 0 N–H and O–H groups in total. The fraction of sp³-hybridized carbons (Fsp3) is 0.462. The van der Waals surface area contributed by atoms with E-state index in [9.17, 15) is 14.9 Å². The summed E-state index contributed by atoms with van der Waals surface area (Å²) in [6.45, 7) is 5.68. The topological polar surface area (TPSA) is 63.5 Å². The van der Waals surface area contributed by atoms with Gasteiger partial charge in [0.05, 0.1) is 4.92 Å². The zero-order valence-electron chi connectivity index (χ0n) is 10.7. The first kappa shape index (κ1) is 12.5. The lowest BCUT2D eigenvalue weighted by molar-refractivity contribution is -0.384. The maximum absolute atomic E-state index is 12.1. The molecule has 5 nitrogen and oxygen atoms in total. The zero-order valence-corrected chi connectivity index (χ0v) is 10.7. The lowest BCUT2D eigenvalue weighted by Crippen LogP contribution is -2.38. The molecule has 96 valence electrons. The van der Waals surface area contributed by atoms with E-state index in [-0.39, 0.29) is 23.6 Å². The summed E-state index contributed by atoms with van der Waals surface area (Å²) in [5.41, 5.74) is 1.78. The minimum absolute atomic E-state index is 0.0649. The van der Waals surface area contributed by atoms with Gasteiger partial charge in [-0.25, -0.2) is 0 Å². The van der Waals surface area contributed by atoms with Crippen LogP contribution < -0.4 is 4.90 Å². The first-order valence-electron chi connectivity index (χ1n) is 6.02. The smallest absolute Gasteiger partial charge is 0.269 e. The molecular formula is C13H16N2O3. The van der Waals surface area contributed by atoms with Gasteiger partial charge in [0, 0.05) is 29.8 Å². The van der Waals surface area contributed by atoms with Crippen molar-refractivity contribution in [3.63, 3.8) is 0 Å². The summed E-state index contributed by atoms with van der Waals surface area (Å²) in [6, 6.07) is 4.77. The standard InChI is InChI=1S/C13H16N2O3/c1-8(2)13(16)14-9(3)6-10-7-11(15(17)18)4-5-12(10)14/h4-5,7-9H,6H2,1-3H3/t9-/m1/s1. The highest BCUT2D eigenvalue weighted by atomic mass is 16.6. The molecule has 0 aromatic heterocycles. The first-order chi connectivity index (χ1) is 8.41. The number of nitrogens with zero attached hydrogens (tertiary/aromatic N) is 2. The zero-order chi connectivity index (χ0) is 13.4. The molecule has 0 spiro atoms. The molecule has 0 aliphatic carbocycles. The van der Waals surface area contributed by atoms with Gasteiger partial charge in [0.15, 0.2) is 0 Å². The monoisotopic (exact) mass is 248 g/mol. The number of carbonyl (C=O) groups excluding carboxylic acids is 1. The predicted octanol–water partition coefficient (Wildman–Crippen LogP) is 2.53. The lowest BCUT2D eigenvalue weighted by atomic mass is 10.1. The van der Waals surface area contributed by atoms with Gasteiger partial charge in [-0.1, -0.05) is 13.8 Å². The Bertz CT molecular complexity index is 511. The number of non-ortho nitro benzene ring substituents is 1. The number of anilines is 1. The van der Waals surface area contributed by atoms with Crippen LogP contribution in [0.1, 0.15) is 26.3 Å². The molecule has 1 atom stereocenters. The Morgan fingerprint density at radius 1 is 1.50 bits per heavy atom. The van der Waals surface area contributed by atoms with E-state index in [2.05, 4.69) is 0 Å². The molecule has 1 heterocycles. The van der Waals surface area contributed by atoms with E-state index in [4.69, 9.17) is 0 Å². The van der Waals surface area contributed by atoms with Gasteiger partial charge < -0.3 is 4.90 Å². The van der Waals surface area contributed by atoms with Crippen LogP contribution in [-0.2, 0) is 11.2 Å². The molecule has 0 radical (unpaired) electrons. The Kier molecular flexibility index (Phi) is 3.07. The van der Waals surface area contributed by atoms with Gasteiger partial charge in [-0.2, -0.15) is 0 Å². The lowest BCUT2D eigenvalue weighted by Gasteiger charge is -2.24. The molecule has 18 heavy (non-hydrogen) atoms. The summed E-state index contributed by atoms with van der Waals surface area (Å²) in [7, 11) is 0. The molecule has 0 saturated heterocycles. The minimum atomic E-state index is -0.405. The van der Waals surface area contributed by atoms with Crippen molar-refractivity contribution in [3.05, 3.63) is 33.9 Å². The van der Waals surface area contributed by atoms with Gasteiger partial charge in [0.2, 0.25) is 5.91 Å². The highest BCUT2D eigenvalue weighted by Gasteiger charge is 2.32. The van der Waals surface area contributed by atoms with Crippen LogP contribution in [0.3, 0.4) is 0 Å². The number of rotatable bonds is 2. The second-order valence-electron chi connectivity index (χ2n) is 4.99. The normalized spacial score (nSPS) is 18.0. The van der Waals surface area contributed by atoms with Crippen LogP contribution in [0.15, 0.2) is 18.2 Å². The predicted molar refractivity (Wildman–Crippen MR) is 68.6 cm³/mol. The number of nitro groups is 1. The quantitative estimate of drug-likeness (QED) is 0.596. The van der Waals surface area contributed by atoms with E-state index in [1.165, 1.54) is 6.07 Å². The van der Waals surface area contributed by atoms with E-state index in [1.807, 2.05) is 20.8 Å². The van der Waals surface area contributed by atoms with Crippen molar-refractivity contribution in [3.8, 4) is 0 Å². The van der Waals surface area contributed by atoms with Crippen molar-refractivity contribution in [2.24, 2.45) is 5.92 Å². The Labute approximate surface area is 106 Å². The van der Waals surface area contributed by atoms with Crippen LogP contribution in [-0.4, -0.2) is 16.9 Å². The summed E-state index contributed by atoms with van der Waals surface area (Å²) in [5, 5.41) is 10.7. The van der Waals surface area contributed by atoms with Gasteiger partial charge in [0.25, 0.3) is 5.69 Å². The van der Waals surface area contributed by atoms with Crippen molar-refractivity contribution >= 4 is 17.3 Å². The number of benzene rings is 1. The average Bonchev–Trinajstić information content (AvgIpc) is 2.62. The second-order valence-corrected chi connectivity index (χ2v) is 4.99. The van der Waals surface area contributed by atoms with Crippen molar-refractivity contribution < 1.29 is 9.72 Å². The SMILES string of the molecule is CC(C)C(=O)N1c2ccc([N+](=O)[O-])cc2C[C@H]1C. The highest BCUT2D eigenvalue weighted by Crippen LogP contribution is 2.35. The number of fused-ring (bicyclic) bond motifs is 1. The highest BCUT2D eigenvalue weighted by molar-refractivity contribution is 5.97. The molecule has 1 amide bonds. The largest absolute Gasteiger partial charge is 0.309 e. The molecule has 1 aromatic rings. The summed E-state index contributed by atoms with van der Waals surface area (Å²) in [6.07, 6.45) is 0.676. The third-order valence-electron chi connectivity index (χ3n) is 3.22. The number of amides is 1. The van der Waals surface area contributed by atoms with Gasteiger partial charge in [-0.3, -0.25) is 14.9 Å². The summed E-state index contributed by atoms with van der Waals surface area (Å²) >= 11 is 0. The van der Waals surface area contributed by atoms with Crippen molar-refractivity contribution in [1.29, 1.82) is 0 Å². The third kappa shape index (κ3) is 1.96. The number of carbonyl (C=O) groups is 1. The minimum Gasteiger partial charge on any atom is -0.309 e. The van der Waals surface area contributed by atoms with Crippen LogP contribution in [0.2, 0.25) is 0 Å². The van der Waals surface area contributed by atoms with E-state index in [0.717, 1.165) is 11.3 Å². The molecule has 1 aromatic carbocycles. The van der Waals surface area contributed by atoms with Crippen LogP contribution in [0.4, 0.5) is 11.4 Å². The third-order valence-corrected chi connectivity index (χ3v) is 3.22. The summed E-state index contributed by atoms with van der Waals surface area (Å²) in [4.78, 5) is 24.2. The molecule has 0 saturated carbocycles. The first-order valence-corrected chi connectivity index (χ1v) is 6.02. The van der Waals surface area contributed by atoms with E-state index in [1.54, 1.807) is 17.0 Å². The van der Waals surface area contributed by atoms with Crippen molar-refractivity contribution in [2.45, 2.75) is 33.2 Å². The number of hydrogen-bond donors (Lipinski definition) is 0. The Morgan fingerprint density at radius 2 is 2.17 bits per heavy atom. The van der Waals surface area contributed by atoms with Crippen LogP contribution in [0.25, 0.3) is 0 Å². The van der Waals surface area contributed by atoms with Gasteiger partial charge in [-0.15, -0.1) is 0 Å². The Hall–Kier alpha value is -1.91. The van der Waals surface area contributed by atoms with Gasteiger partial charge in [-0.05, 0) is 25.0 Å². The summed E-state index contributed by atoms with van der Waals surface area (Å²) in [5.74, 6) is -0.0105. The second kappa shape index (κ2) is 4.40. The molecule has 0 bridgehead atoms. The maximum atomic E-state index is 12.1. The van der Waals surface area contributed by atoms with Crippen molar-refractivity contribution in [2.75, 3.05) is 4.90 Å². The van der Waals surface area contributed by atoms with Gasteiger partial charge in [0.1, 0.15) is 0 Å².